The highest BCUT2D eigenvalue weighted by molar-refractivity contribution is 5.96. The SMILES string of the molecule is O=C1CC(c2nc(C3(c4cccc(C(F)(F)F)c4)CCCCC3)no2)CN1c1cn[nH]c1. The summed E-state index contributed by atoms with van der Waals surface area (Å²) in [6, 6.07) is 5.45. The quantitative estimate of drug-likeness (QED) is 0.635. The van der Waals surface area contributed by atoms with Gasteiger partial charge >= 0.3 is 6.18 Å². The Bertz CT molecular complexity index is 1100. The third-order valence-corrected chi connectivity index (χ3v) is 6.59. The maximum atomic E-state index is 13.4. The molecule has 32 heavy (non-hydrogen) atoms. The van der Waals surface area contributed by atoms with E-state index >= 15 is 0 Å². The molecule has 2 fully saturated rings. The van der Waals surface area contributed by atoms with Crippen molar-refractivity contribution < 1.29 is 22.5 Å². The van der Waals surface area contributed by atoms with E-state index < -0.39 is 17.2 Å². The van der Waals surface area contributed by atoms with Gasteiger partial charge in [0, 0.05) is 19.2 Å². The van der Waals surface area contributed by atoms with Crippen LogP contribution in [0.25, 0.3) is 0 Å². The number of benzene rings is 1. The zero-order valence-electron chi connectivity index (χ0n) is 17.2. The van der Waals surface area contributed by atoms with Crippen LogP contribution in [0, 0.1) is 0 Å². The Morgan fingerprint density at radius 2 is 2.00 bits per heavy atom. The molecule has 10 heteroatoms. The molecule has 5 rings (SSSR count). The predicted molar refractivity (Wildman–Crippen MR) is 108 cm³/mol. The number of nitrogens with zero attached hydrogens (tertiary/aromatic N) is 4. The second kappa shape index (κ2) is 7.75. The smallest absolute Gasteiger partial charge is 0.339 e. The molecule has 3 aromatic rings. The van der Waals surface area contributed by atoms with Gasteiger partial charge in [0.1, 0.15) is 0 Å². The van der Waals surface area contributed by atoms with Crippen LogP contribution in [0.15, 0.2) is 41.2 Å². The van der Waals surface area contributed by atoms with E-state index in [0.29, 0.717) is 42.4 Å². The van der Waals surface area contributed by atoms with E-state index in [9.17, 15) is 18.0 Å². The highest BCUT2D eigenvalue weighted by Gasteiger charge is 2.43. The summed E-state index contributed by atoms with van der Waals surface area (Å²) in [7, 11) is 0. The molecule has 3 heterocycles. The molecule has 2 aromatic heterocycles. The van der Waals surface area contributed by atoms with Gasteiger partial charge in [0.2, 0.25) is 11.8 Å². The van der Waals surface area contributed by atoms with Crippen LogP contribution in [-0.2, 0) is 16.4 Å². The minimum absolute atomic E-state index is 0.0681. The van der Waals surface area contributed by atoms with Crippen LogP contribution in [-0.4, -0.2) is 32.8 Å². The second-order valence-corrected chi connectivity index (χ2v) is 8.54. The molecule has 2 aliphatic rings. The van der Waals surface area contributed by atoms with Crippen molar-refractivity contribution in [1.29, 1.82) is 0 Å². The number of halogens is 3. The van der Waals surface area contributed by atoms with E-state index in [1.165, 1.54) is 12.1 Å². The van der Waals surface area contributed by atoms with Gasteiger partial charge < -0.3 is 9.42 Å². The summed E-state index contributed by atoms with van der Waals surface area (Å²) in [4.78, 5) is 18.7. The molecule has 1 aliphatic carbocycles. The first-order valence-corrected chi connectivity index (χ1v) is 10.7. The number of aromatic amines is 1. The standard InChI is InChI=1S/C22H22F3N5O2/c23-22(24,25)16-6-4-5-15(10-16)21(7-2-1-3-8-21)20-28-19(32-29-20)14-9-18(31)30(13-14)17-11-26-27-12-17/h4-6,10-12,14H,1-3,7-9,13H2,(H,26,27). The van der Waals surface area contributed by atoms with Crippen molar-refractivity contribution in [3.63, 3.8) is 0 Å². The van der Waals surface area contributed by atoms with E-state index in [2.05, 4.69) is 20.3 Å². The number of anilines is 1. The Hall–Kier alpha value is -3.17. The molecule has 7 nitrogen and oxygen atoms in total. The maximum absolute atomic E-state index is 13.4. The molecule has 1 aromatic carbocycles. The number of carbonyl (C=O) groups excluding carboxylic acids is 1. The fraction of sp³-hybridized carbons (Fsp3) is 0.455. The van der Waals surface area contributed by atoms with Crippen molar-refractivity contribution in [3.05, 3.63) is 59.5 Å². The third-order valence-electron chi connectivity index (χ3n) is 6.59. The summed E-state index contributed by atoms with van der Waals surface area (Å²) in [6.07, 6.45) is 3.08. The number of alkyl halides is 3. The summed E-state index contributed by atoms with van der Waals surface area (Å²) in [6.45, 7) is 0.385. The van der Waals surface area contributed by atoms with E-state index in [0.717, 1.165) is 25.3 Å². The van der Waals surface area contributed by atoms with Gasteiger partial charge in [-0.25, -0.2) is 0 Å². The van der Waals surface area contributed by atoms with E-state index in [4.69, 9.17) is 4.52 Å². The van der Waals surface area contributed by atoms with Gasteiger partial charge in [-0.05, 0) is 24.5 Å². The van der Waals surface area contributed by atoms with Crippen LogP contribution < -0.4 is 4.90 Å². The van der Waals surface area contributed by atoms with Crippen molar-refractivity contribution in [2.45, 2.75) is 56.0 Å². The van der Waals surface area contributed by atoms with Crippen LogP contribution in [0.5, 0.6) is 0 Å². The predicted octanol–water partition coefficient (Wildman–Crippen LogP) is 4.58. The first kappa shape index (κ1) is 20.7. The van der Waals surface area contributed by atoms with E-state index in [1.807, 2.05) is 0 Å². The van der Waals surface area contributed by atoms with Crippen molar-refractivity contribution in [2.75, 3.05) is 11.4 Å². The lowest BCUT2D eigenvalue weighted by Gasteiger charge is -2.35. The Morgan fingerprint density at radius 1 is 1.19 bits per heavy atom. The molecule has 0 bridgehead atoms. The molecule has 1 saturated carbocycles. The average molecular weight is 445 g/mol. The zero-order chi connectivity index (χ0) is 22.3. The summed E-state index contributed by atoms with van der Waals surface area (Å²) < 4.78 is 45.7. The van der Waals surface area contributed by atoms with Crippen LogP contribution in [0.4, 0.5) is 18.9 Å². The minimum Gasteiger partial charge on any atom is -0.339 e. The Balaban J connectivity index is 1.47. The fourth-order valence-corrected chi connectivity index (χ4v) is 4.90. The molecular formula is C22H22F3N5O2. The van der Waals surface area contributed by atoms with Crippen molar-refractivity contribution >= 4 is 11.6 Å². The van der Waals surface area contributed by atoms with Gasteiger partial charge in [-0.15, -0.1) is 0 Å². The Morgan fingerprint density at radius 3 is 2.72 bits per heavy atom. The number of amides is 1. The molecule has 1 amide bonds. The molecule has 168 valence electrons. The first-order chi connectivity index (χ1) is 15.4. The Kier molecular flexibility index (Phi) is 5.02. The van der Waals surface area contributed by atoms with Gasteiger partial charge in [0.25, 0.3) is 0 Å². The van der Waals surface area contributed by atoms with Gasteiger partial charge in [0.05, 0.1) is 28.8 Å². The van der Waals surface area contributed by atoms with Crippen molar-refractivity contribution in [3.8, 4) is 0 Å². The second-order valence-electron chi connectivity index (χ2n) is 8.54. The summed E-state index contributed by atoms with van der Waals surface area (Å²) in [5.41, 5.74) is -0.179. The average Bonchev–Trinajstić information content (AvgIpc) is 3.54. The molecule has 0 radical (unpaired) electrons. The molecule has 1 N–H and O–H groups in total. The number of aromatic nitrogens is 4. The number of hydrogen-bond donors (Lipinski definition) is 1. The monoisotopic (exact) mass is 445 g/mol. The lowest BCUT2D eigenvalue weighted by Crippen LogP contribution is -2.32. The number of H-pyrrole nitrogens is 1. The van der Waals surface area contributed by atoms with E-state index in [1.54, 1.807) is 23.4 Å². The van der Waals surface area contributed by atoms with E-state index in [-0.39, 0.29) is 18.2 Å². The lowest BCUT2D eigenvalue weighted by atomic mass is 9.68. The molecular weight excluding hydrogens is 423 g/mol. The van der Waals surface area contributed by atoms with Crippen LogP contribution in [0.3, 0.4) is 0 Å². The number of nitrogens with one attached hydrogen (secondary N) is 1. The molecule has 1 saturated heterocycles. The highest BCUT2D eigenvalue weighted by atomic mass is 19.4. The molecule has 1 atom stereocenters. The first-order valence-electron chi connectivity index (χ1n) is 10.7. The normalized spacial score (nSPS) is 21.3. The van der Waals surface area contributed by atoms with Gasteiger partial charge in [-0.1, -0.05) is 42.6 Å². The van der Waals surface area contributed by atoms with Gasteiger partial charge in [0.15, 0.2) is 5.82 Å². The highest BCUT2D eigenvalue weighted by Crippen LogP contribution is 2.45. The van der Waals surface area contributed by atoms with Crippen LogP contribution >= 0.6 is 0 Å². The minimum atomic E-state index is -4.42. The molecule has 1 aliphatic heterocycles. The number of carbonyl (C=O) groups is 1. The Labute approximate surface area is 182 Å². The van der Waals surface area contributed by atoms with Gasteiger partial charge in [-0.3, -0.25) is 9.89 Å². The van der Waals surface area contributed by atoms with Gasteiger partial charge in [-0.2, -0.15) is 23.3 Å². The lowest BCUT2D eigenvalue weighted by molar-refractivity contribution is -0.137. The maximum Gasteiger partial charge on any atom is 0.416 e. The van der Waals surface area contributed by atoms with Crippen molar-refractivity contribution in [2.24, 2.45) is 0 Å². The summed E-state index contributed by atoms with van der Waals surface area (Å²) in [5.74, 6) is 0.402. The largest absolute Gasteiger partial charge is 0.416 e. The summed E-state index contributed by atoms with van der Waals surface area (Å²) in [5, 5.41) is 10.8. The molecule has 1 unspecified atom stereocenters. The zero-order valence-corrected chi connectivity index (χ0v) is 17.2. The number of hydrogen-bond acceptors (Lipinski definition) is 5. The van der Waals surface area contributed by atoms with Crippen LogP contribution in [0.2, 0.25) is 0 Å². The van der Waals surface area contributed by atoms with Crippen molar-refractivity contribution in [1.82, 2.24) is 20.3 Å². The fourth-order valence-electron chi connectivity index (χ4n) is 4.90. The third kappa shape index (κ3) is 3.57. The molecule has 0 spiro atoms. The topological polar surface area (TPSA) is 87.9 Å². The summed E-state index contributed by atoms with van der Waals surface area (Å²) >= 11 is 0. The van der Waals surface area contributed by atoms with Crippen LogP contribution in [0.1, 0.15) is 67.3 Å². The number of rotatable bonds is 4.